The molecule has 0 saturated heterocycles. The summed E-state index contributed by atoms with van der Waals surface area (Å²) in [6.45, 7) is -1.47. The van der Waals surface area contributed by atoms with Gasteiger partial charge in [0.25, 0.3) is 0 Å². The molecule has 13 heavy (non-hydrogen) atoms. The molecule has 78 valence electrons. The molecule has 0 spiro atoms. The van der Waals surface area contributed by atoms with Crippen LogP contribution in [0.5, 0.6) is 0 Å². The van der Waals surface area contributed by atoms with Gasteiger partial charge in [0.1, 0.15) is 6.61 Å². The first-order valence-corrected chi connectivity index (χ1v) is 4.31. The van der Waals surface area contributed by atoms with Crippen LogP contribution in [0.3, 0.4) is 0 Å². The number of alkyl halides is 3. The summed E-state index contributed by atoms with van der Waals surface area (Å²) >= 11 is 0. The van der Waals surface area contributed by atoms with Crippen LogP contribution in [0, 0.1) is 5.92 Å². The molecule has 0 bridgehead atoms. The minimum absolute atomic E-state index is 0.147. The second-order valence-electron chi connectivity index (χ2n) is 3.39. The van der Waals surface area contributed by atoms with Crippen molar-refractivity contribution in [1.29, 1.82) is 0 Å². The van der Waals surface area contributed by atoms with E-state index in [4.69, 9.17) is 0 Å². The van der Waals surface area contributed by atoms with E-state index in [2.05, 4.69) is 4.74 Å². The SMILES string of the molecule is OC(COCC(F)(F)F)C1CCC1. The van der Waals surface area contributed by atoms with Gasteiger partial charge in [-0.1, -0.05) is 6.42 Å². The zero-order chi connectivity index (χ0) is 9.90. The minimum atomic E-state index is -4.29. The highest BCUT2D eigenvalue weighted by molar-refractivity contribution is 4.76. The molecule has 0 aromatic carbocycles. The van der Waals surface area contributed by atoms with Crippen molar-refractivity contribution in [3.63, 3.8) is 0 Å². The van der Waals surface area contributed by atoms with Crippen LogP contribution in [0.2, 0.25) is 0 Å². The van der Waals surface area contributed by atoms with Gasteiger partial charge in [0, 0.05) is 0 Å². The van der Waals surface area contributed by atoms with Crippen LogP contribution in [-0.4, -0.2) is 30.6 Å². The lowest BCUT2D eigenvalue weighted by atomic mass is 9.81. The van der Waals surface area contributed by atoms with Gasteiger partial charge in [-0.25, -0.2) is 0 Å². The first-order chi connectivity index (χ1) is 5.99. The summed E-state index contributed by atoms with van der Waals surface area (Å²) in [5, 5.41) is 9.27. The highest BCUT2D eigenvalue weighted by atomic mass is 19.4. The van der Waals surface area contributed by atoms with Gasteiger partial charge in [0.15, 0.2) is 0 Å². The number of ether oxygens (including phenoxy) is 1. The molecule has 1 aliphatic carbocycles. The highest BCUT2D eigenvalue weighted by Crippen LogP contribution is 2.29. The van der Waals surface area contributed by atoms with E-state index < -0.39 is 18.9 Å². The van der Waals surface area contributed by atoms with E-state index >= 15 is 0 Å². The van der Waals surface area contributed by atoms with Crippen LogP contribution in [-0.2, 0) is 4.74 Å². The van der Waals surface area contributed by atoms with Crippen LogP contribution >= 0.6 is 0 Å². The predicted octanol–water partition coefficient (Wildman–Crippen LogP) is 1.73. The van der Waals surface area contributed by atoms with Gasteiger partial charge in [-0.15, -0.1) is 0 Å². The van der Waals surface area contributed by atoms with Crippen molar-refractivity contribution < 1.29 is 23.0 Å². The van der Waals surface area contributed by atoms with E-state index in [-0.39, 0.29) is 12.5 Å². The summed E-state index contributed by atoms with van der Waals surface area (Å²) in [4.78, 5) is 0. The van der Waals surface area contributed by atoms with E-state index in [0.717, 1.165) is 19.3 Å². The zero-order valence-electron chi connectivity index (χ0n) is 7.18. The van der Waals surface area contributed by atoms with Gasteiger partial charge in [-0.2, -0.15) is 13.2 Å². The molecule has 1 unspecified atom stereocenters. The molecule has 0 aromatic rings. The van der Waals surface area contributed by atoms with Gasteiger partial charge in [-0.3, -0.25) is 0 Å². The predicted molar refractivity (Wildman–Crippen MR) is 40.2 cm³/mol. The standard InChI is InChI=1S/C8H13F3O2/c9-8(10,11)5-13-4-7(12)6-2-1-3-6/h6-7,12H,1-5H2. The summed E-state index contributed by atoms with van der Waals surface area (Å²) in [5.41, 5.74) is 0. The summed E-state index contributed by atoms with van der Waals surface area (Å²) in [6, 6.07) is 0. The average molecular weight is 198 g/mol. The van der Waals surface area contributed by atoms with Gasteiger partial charge in [0.2, 0.25) is 0 Å². The Kier molecular flexibility index (Phi) is 3.55. The first kappa shape index (κ1) is 10.8. The molecule has 5 heteroatoms. The molecule has 1 aliphatic rings. The summed E-state index contributed by atoms with van der Waals surface area (Å²) in [5.74, 6) is 0.147. The van der Waals surface area contributed by atoms with Crippen LogP contribution in [0.1, 0.15) is 19.3 Å². The second kappa shape index (κ2) is 4.28. The topological polar surface area (TPSA) is 29.5 Å². The molecular weight excluding hydrogens is 185 g/mol. The average Bonchev–Trinajstić information content (AvgIpc) is 1.79. The van der Waals surface area contributed by atoms with E-state index in [1.54, 1.807) is 0 Å². The Morgan fingerprint density at radius 3 is 2.38 bits per heavy atom. The molecule has 2 nitrogen and oxygen atoms in total. The van der Waals surface area contributed by atoms with E-state index in [1.807, 2.05) is 0 Å². The third kappa shape index (κ3) is 3.95. The lowest BCUT2D eigenvalue weighted by molar-refractivity contribution is -0.181. The van der Waals surface area contributed by atoms with E-state index in [0.29, 0.717) is 0 Å². The van der Waals surface area contributed by atoms with Crippen LogP contribution in [0.4, 0.5) is 13.2 Å². The molecule has 1 N–H and O–H groups in total. The van der Waals surface area contributed by atoms with E-state index in [9.17, 15) is 18.3 Å². The van der Waals surface area contributed by atoms with Gasteiger partial charge in [0.05, 0.1) is 12.7 Å². The zero-order valence-corrected chi connectivity index (χ0v) is 7.18. The maximum Gasteiger partial charge on any atom is 0.411 e. The molecule has 0 amide bonds. The molecule has 0 radical (unpaired) electrons. The Morgan fingerprint density at radius 2 is 2.00 bits per heavy atom. The third-order valence-corrected chi connectivity index (χ3v) is 2.25. The lowest BCUT2D eigenvalue weighted by Gasteiger charge is -2.30. The maximum atomic E-state index is 11.6. The summed E-state index contributed by atoms with van der Waals surface area (Å²) in [6.07, 6.45) is -2.16. The van der Waals surface area contributed by atoms with Gasteiger partial charge in [-0.05, 0) is 18.8 Å². The monoisotopic (exact) mass is 198 g/mol. The molecule has 0 heterocycles. The van der Waals surface area contributed by atoms with Crippen molar-refractivity contribution in [3.05, 3.63) is 0 Å². The Labute approximate surface area is 74.7 Å². The molecule has 1 atom stereocenters. The van der Waals surface area contributed by atoms with Crippen molar-refractivity contribution >= 4 is 0 Å². The van der Waals surface area contributed by atoms with Gasteiger partial charge >= 0.3 is 6.18 Å². The second-order valence-corrected chi connectivity index (χ2v) is 3.39. The number of hydrogen-bond acceptors (Lipinski definition) is 2. The number of aliphatic hydroxyl groups excluding tert-OH is 1. The summed E-state index contributed by atoms with van der Waals surface area (Å²) in [7, 11) is 0. The fourth-order valence-corrected chi connectivity index (χ4v) is 1.26. The molecular formula is C8H13F3O2. The minimum Gasteiger partial charge on any atom is -0.390 e. The molecule has 1 rings (SSSR count). The molecule has 0 aliphatic heterocycles. The quantitative estimate of drug-likeness (QED) is 0.745. The number of aliphatic hydroxyl groups is 1. The number of rotatable bonds is 4. The molecule has 0 aromatic heterocycles. The number of hydrogen-bond donors (Lipinski definition) is 1. The highest BCUT2D eigenvalue weighted by Gasteiger charge is 2.30. The van der Waals surface area contributed by atoms with Crippen molar-refractivity contribution in [2.24, 2.45) is 5.92 Å². The van der Waals surface area contributed by atoms with Crippen molar-refractivity contribution in [3.8, 4) is 0 Å². The van der Waals surface area contributed by atoms with E-state index in [1.165, 1.54) is 0 Å². The Morgan fingerprint density at radius 1 is 1.38 bits per heavy atom. The van der Waals surface area contributed by atoms with Crippen LogP contribution < -0.4 is 0 Å². The largest absolute Gasteiger partial charge is 0.411 e. The smallest absolute Gasteiger partial charge is 0.390 e. The lowest BCUT2D eigenvalue weighted by Crippen LogP contribution is -2.32. The van der Waals surface area contributed by atoms with Crippen LogP contribution in [0.25, 0.3) is 0 Å². The van der Waals surface area contributed by atoms with Crippen LogP contribution in [0.15, 0.2) is 0 Å². The van der Waals surface area contributed by atoms with Gasteiger partial charge < -0.3 is 9.84 Å². The fraction of sp³-hybridized carbons (Fsp3) is 1.00. The molecule has 1 saturated carbocycles. The first-order valence-electron chi connectivity index (χ1n) is 4.31. The Bertz CT molecular complexity index is 154. The Hall–Kier alpha value is -0.290. The third-order valence-electron chi connectivity index (χ3n) is 2.25. The Balaban J connectivity index is 2.04. The maximum absolute atomic E-state index is 11.6. The molecule has 1 fully saturated rings. The summed E-state index contributed by atoms with van der Waals surface area (Å²) < 4.78 is 39.1. The van der Waals surface area contributed by atoms with Crippen molar-refractivity contribution in [2.75, 3.05) is 13.2 Å². The number of halogens is 3. The normalized spacial score (nSPS) is 21.2. The fourth-order valence-electron chi connectivity index (χ4n) is 1.26. The van der Waals surface area contributed by atoms with Crippen molar-refractivity contribution in [1.82, 2.24) is 0 Å². The van der Waals surface area contributed by atoms with Crippen molar-refractivity contribution in [2.45, 2.75) is 31.5 Å².